The van der Waals surface area contributed by atoms with Gasteiger partial charge in [0.15, 0.2) is 11.5 Å². The van der Waals surface area contributed by atoms with Crippen LogP contribution in [0.3, 0.4) is 0 Å². The molecule has 2 aromatic rings. The number of carbonyl (C=O) groups is 1. The Kier molecular flexibility index (Phi) is 6.86. The fourth-order valence-corrected chi connectivity index (χ4v) is 2.59. The molecule has 0 radical (unpaired) electrons. The molecule has 0 aliphatic rings. The van der Waals surface area contributed by atoms with Gasteiger partial charge in [0, 0.05) is 7.05 Å². The van der Waals surface area contributed by atoms with Gasteiger partial charge in [0.1, 0.15) is 5.75 Å². The topological polar surface area (TPSA) is 68.2 Å². The van der Waals surface area contributed by atoms with Crippen LogP contribution in [0.2, 0.25) is 0 Å². The summed E-state index contributed by atoms with van der Waals surface area (Å²) in [5.41, 5.74) is 1.55. The lowest BCUT2D eigenvalue weighted by molar-refractivity contribution is -0.130. The summed E-state index contributed by atoms with van der Waals surface area (Å²) in [6.45, 7) is 0.207. The van der Waals surface area contributed by atoms with Gasteiger partial charge < -0.3 is 24.2 Å². The number of likely N-dealkylation sites (N-methyl/N-ethyl adjacent to an activating group) is 1. The largest absolute Gasteiger partial charge is 0.497 e. The number of hydrogen-bond acceptors (Lipinski definition) is 5. The molecule has 0 bridgehead atoms. The molecule has 0 saturated heterocycles. The van der Waals surface area contributed by atoms with Gasteiger partial charge in [0.05, 0.1) is 40.4 Å². The van der Waals surface area contributed by atoms with Gasteiger partial charge in [-0.15, -0.1) is 0 Å². The molecule has 0 aliphatic carbocycles. The summed E-state index contributed by atoms with van der Waals surface area (Å²) in [4.78, 5) is 14.0. The maximum atomic E-state index is 12.5. The van der Waals surface area contributed by atoms with E-state index in [1.165, 1.54) is 4.90 Å². The third kappa shape index (κ3) is 4.89. The van der Waals surface area contributed by atoms with Gasteiger partial charge in [0.2, 0.25) is 5.91 Å². The quantitative estimate of drug-likeness (QED) is 0.784. The number of rotatable bonds is 8. The first-order valence-corrected chi connectivity index (χ1v) is 8.25. The van der Waals surface area contributed by atoms with Gasteiger partial charge >= 0.3 is 0 Å². The van der Waals surface area contributed by atoms with Crippen LogP contribution in [0, 0.1) is 0 Å². The first-order chi connectivity index (χ1) is 12.5. The maximum absolute atomic E-state index is 12.5. The number of aliphatic hydroxyl groups is 1. The van der Waals surface area contributed by atoms with Crippen molar-refractivity contribution in [3.05, 3.63) is 53.6 Å². The normalized spacial score (nSPS) is 11.6. The number of benzene rings is 2. The maximum Gasteiger partial charge on any atom is 0.226 e. The van der Waals surface area contributed by atoms with Crippen LogP contribution >= 0.6 is 0 Å². The molecule has 2 aromatic carbocycles. The van der Waals surface area contributed by atoms with Gasteiger partial charge in [-0.25, -0.2) is 0 Å². The van der Waals surface area contributed by atoms with Crippen LogP contribution in [0.1, 0.15) is 17.2 Å². The molecule has 1 atom stereocenters. The van der Waals surface area contributed by atoms with E-state index in [4.69, 9.17) is 14.2 Å². The zero-order valence-corrected chi connectivity index (χ0v) is 15.6. The fraction of sp³-hybridized carbons (Fsp3) is 0.350. The highest BCUT2D eigenvalue weighted by atomic mass is 16.5. The Morgan fingerprint density at radius 2 is 1.65 bits per heavy atom. The molecule has 0 saturated carbocycles. The Balaban J connectivity index is 1.98. The minimum Gasteiger partial charge on any atom is -0.497 e. The zero-order valence-electron chi connectivity index (χ0n) is 15.6. The van der Waals surface area contributed by atoms with E-state index in [1.807, 2.05) is 6.07 Å². The van der Waals surface area contributed by atoms with Gasteiger partial charge in [-0.1, -0.05) is 18.2 Å². The Labute approximate surface area is 153 Å². The average Bonchev–Trinajstić information content (AvgIpc) is 2.67. The number of hydrogen-bond donors (Lipinski definition) is 1. The van der Waals surface area contributed by atoms with Crippen LogP contribution in [-0.2, 0) is 11.2 Å². The number of aliphatic hydroxyl groups excluding tert-OH is 1. The minimum atomic E-state index is -0.764. The molecule has 0 fully saturated rings. The number of ether oxygens (including phenoxy) is 3. The van der Waals surface area contributed by atoms with Crippen molar-refractivity contribution in [2.75, 3.05) is 34.9 Å². The van der Waals surface area contributed by atoms with Crippen LogP contribution in [0.4, 0.5) is 0 Å². The number of nitrogens with zero attached hydrogens (tertiary/aromatic N) is 1. The molecule has 2 rings (SSSR count). The zero-order chi connectivity index (χ0) is 19.1. The molecule has 0 spiro atoms. The minimum absolute atomic E-state index is 0.0928. The lowest BCUT2D eigenvalue weighted by Crippen LogP contribution is -2.32. The van der Waals surface area contributed by atoms with Gasteiger partial charge in [-0.3, -0.25) is 4.79 Å². The molecule has 1 unspecified atom stereocenters. The summed E-state index contributed by atoms with van der Waals surface area (Å²) in [5, 5.41) is 10.3. The fourth-order valence-electron chi connectivity index (χ4n) is 2.59. The summed E-state index contributed by atoms with van der Waals surface area (Å²) < 4.78 is 15.6. The summed E-state index contributed by atoms with van der Waals surface area (Å²) in [6, 6.07) is 12.5. The number of amides is 1. The summed E-state index contributed by atoms with van der Waals surface area (Å²) in [5.74, 6) is 1.83. The van der Waals surface area contributed by atoms with E-state index >= 15 is 0 Å². The van der Waals surface area contributed by atoms with Crippen LogP contribution in [-0.4, -0.2) is 50.8 Å². The first-order valence-electron chi connectivity index (χ1n) is 8.25. The second kappa shape index (κ2) is 9.10. The van der Waals surface area contributed by atoms with E-state index in [0.29, 0.717) is 11.5 Å². The molecule has 0 aliphatic heterocycles. The predicted molar refractivity (Wildman–Crippen MR) is 98.8 cm³/mol. The third-order valence-electron chi connectivity index (χ3n) is 4.18. The van der Waals surface area contributed by atoms with Gasteiger partial charge in [0.25, 0.3) is 0 Å². The van der Waals surface area contributed by atoms with Crippen molar-refractivity contribution in [1.82, 2.24) is 4.90 Å². The molecule has 6 heteroatoms. The van der Waals surface area contributed by atoms with Crippen LogP contribution in [0.5, 0.6) is 17.2 Å². The first kappa shape index (κ1) is 19.6. The van der Waals surface area contributed by atoms with E-state index in [9.17, 15) is 9.90 Å². The van der Waals surface area contributed by atoms with Gasteiger partial charge in [-0.05, 0) is 35.4 Å². The van der Waals surface area contributed by atoms with Crippen molar-refractivity contribution in [2.45, 2.75) is 12.5 Å². The molecule has 26 heavy (non-hydrogen) atoms. The summed E-state index contributed by atoms with van der Waals surface area (Å²) in [7, 11) is 6.39. The lowest BCUT2D eigenvalue weighted by atomic mass is 10.1. The SMILES string of the molecule is COc1ccc(C(O)CN(C)C(=O)Cc2ccc(OC)c(OC)c2)cc1. The third-order valence-corrected chi connectivity index (χ3v) is 4.18. The van der Waals surface area contributed by atoms with Crippen molar-refractivity contribution < 1.29 is 24.1 Å². The highest BCUT2D eigenvalue weighted by molar-refractivity contribution is 5.78. The number of methoxy groups -OCH3 is 3. The second-order valence-corrected chi connectivity index (χ2v) is 5.93. The van der Waals surface area contributed by atoms with E-state index in [1.54, 1.807) is 64.8 Å². The monoisotopic (exact) mass is 359 g/mol. The standard InChI is InChI=1S/C20H25NO5/c1-21(13-17(22)15-6-8-16(24-2)9-7-15)20(23)12-14-5-10-18(25-3)19(11-14)26-4/h5-11,17,22H,12-13H2,1-4H3. The van der Waals surface area contributed by atoms with E-state index < -0.39 is 6.10 Å². The second-order valence-electron chi connectivity index (χ2n) is 5.93. The van der Waals surface area contributed by atoms with Crippen LogP contribution in [0.25, 0.3) is 0 Å². The summed E-state index contributed by atoms with van der Waals surface area (Å²) in [6.07, 6.45) is -0.549. The molecule has 0 heterocycles. The predicted octanol–water partition coefficient (Wildman–Crippen LogP) is 2.45. The molecule has 1 amide bonds. The molecular formula is C20H25NO5. The Morgan fingerprint density at radius 1 is 1.00 bits per heavy atom. The number of carbonyl (C=O) groups excluding carboxylic acids is 1. The van der Waals surface area contributed by atoms with E-state index in [2.05, 4.69) is 0 Å². The van der Waals surface area contributed by atoms with E-state index in [0.717, 1.165) is 16.9 Å². The molecule has 0 aromatic heterocycles. The average molecular weight is 359 g/mol. The Bertz CT molecular complexity index is 729. The molecule has 1 N–H and O–H groups in total. The van der Waals surface area contributed by atoms with Crippen molar-refractivity contribution in [1.29, 1.82) is 0 Å². The summed E-state index contributed by atoms with van der Waals surface area (Å²) >= 11 is 0. The highest BCUT2D eigenvalue weighted by Crippen LogP contribution is 2.28. The Morgan fingerprint density at radius 3 is 2.23 bits per heavy atom. The van der Waals surface area contributed by atoms with Crippen LogP contribution in [0.15, 0.2) is 42.5 Å². The Hall–Kier alpha value is -2.73. The van der Waals surface area contributed by atoms with Crippen LogP contribution < -0.4 is 14.2 Å². The van der Waals surface area contributed by atoms with Crippen molar-refractivity contribution in [2.24, 2.45) is 0 Å². The van der Waals surface area contributed by atoms with E-state index in [-0.39, 0.29) is 18.9 Å². The molecule has 6 nitrogen and oxygen atoms in total. The molecular weight excluding hydrogens is 334 g/mol. The van der Waals surface area contributed by atoms with Crippen molar-refractivity contribution in [3.63, 3.8) is 0 Å². The van der Waals surface area contributed by atoms with Gasteiger partial charge in [-0.2, -0.15) is 0 Å². The van der Waals surface area contributed by atoms with Crippen molar-refractivity contribution in [3.8, 4) is 17.2 Å². The lowest BCUT2D eigenvalue weighted by Gasteiger charge is -2.21. The van der Waals surface area contributed by atoms with Crippen molar-refractivity contribution >= 4 is 5.91 Å². The smallest absolute Gasteiger partial charge is 0.226 e. The highest BCUT2D eigenvalue weighted by Gasteiger charge is 2.16. The molecule has 140 valence electrons.